The zero-order valence-electron chi connectivity index (χ0n) is 67.0. The molecule has 0 saturated heterocycles. The van der Waals surface area contributed by atoms with E-state index in [1.807, 2.05) is 303 Å². The summed E-state index contributed by atoms with van der Waals surface area (Å²) in [6, 6.07) is 75.8. The molecule has 10 nitrogen and oxygen atoms in total. The number of nitrogens with zero attached hydrogens (tertiary/aromatic N) is 10. The average molecular weight is 1390 g/mol. The first kappa shape index (κ1) is 90.9. The summed E-state index contributed by atoms with van der Waals surface area (Å²) in [4.78, 5) is 42.0. The van der Waals surface area contributed by atoms with Crippen LogP contribution in [0.5, 0.6) is 0 Å². The van der Waals surface area contributed by atoms with Gasteiger partial charge in [0.1, 0.15) is 5.82 Å². The Labute approximate surface area is 624 Å². The topological polar surface area (TPSA) is 129 Å². The van der Waals surface area contributed by atoms with Gasteiger partial charge < -0.3 is 0 Å². The van der Waals surface area contributed by atoms with E-state index >= 15 is 0 Å². The average Bonchev–Trinajstić information content (AvgIpc) is 0.942. The summed E-state index contributed by atoms with van der Waals surface area (Å²) in [6.07, 6.45) is 16.6. The van der Waals surface area contributed by atoms with Crippen molar-refractivity contribution in [3.05, 3.63) is 325 Å². The van der Waals surface area contributed by atoms with Gasteiger partial charge in [0.05, 0.1) is 38.8 Å². The zero-order chi connectivity index (χ0) is 77.5. The minimum absolute atomic E-state index is 0.823. The number of benzene rings is 8. The number of aromatic nitrogens is 10. The Morgan fingerprint density at radius 2 is 0.577 bits per heavy atom. The first-order valence-corrected chi connectivity index (χ1v) is 37.1. The lowest BCUT2D eigenvalue weighted by Gasteiger charge is -1.96. The van der Waals surface area contributed by atoms with Gasteiger partial charge in [-0.1, -0.05) is 267 Å². The van der Waals surface area contributed by atoms with E-state index in [4.69, 9.17) is 0 Å². The minimum Gasteiger partial charge on any atom is -0.264 e. The molecule has 16 rings (SSSR count). The van der Waals surface area contributed by atoms with Crippen LogP contribution in [0.3, 0.4) is 0 Å². The van der Waals surface area contributed by atoms with Gasteiger partial charge in [-0.2, -0.15) is 0 Å². The summed E-state index contributed by atoms with van der Waals surface area (Å²) >= 11 is 0. The summed E-state index contributed by atoms with van der Waals surface area (Å²) in [5.41, 5.74) is 14.4. The van der Waals surface area contributed by atoms with Crippen molar-refractivity contribution in [2.45, 2.75) is 166 Å². The fraction of sp³-hybridized carbons (Fsp3) is 0.255. The van der Waals surface area contributed by atoms with Crippen LogP contribution in [0.4, 0.5) is 0 Å². The lowest BCUT2D eigenvalue weighted by molar-refractivity contribution is 1.09. The van der Waals surface area contributed by atoms with Crippen LogP contribution in [0.25, 0.3) is 87.0 Å². The third-order valence-electron chi connectivity index (χ3n) is 13.8. The lowest BCUT2D eigenvalue weighted by atomic mass is 10.1. The van der Waals surface area contributed by atoms with E-state index < -0.39 is 0 Å². The number of fused-ring (bicyclic) bond motifs is 8. The molecule has 0 aliphatic rings. The second-order valence-electron chi connectivity index (χ2n) is 21.1. The Balaban J connectivity index is 0.000000578. The second kappa shape index (κ2) is 55.6. The van der Waals surface area contributed by atoms with Crippen LogP contribution >= 0.6 is 0 Å². The molecular weight excluding hydrogens is 1270 g/mol. The van der Waals surface area contributed by atoms with Gasteiger partial charge in [0.2, 0.25) is 0 Å². The highest BCUT2D eigenvalue weighted by Crippen LogP contribution is 2.18. The van der Waals surface area contributed by atoms with Crippen molar-refractivity contribution in [2.24, 2.45) is 0 Å². The molecule has 0 aliphatic heterocycles. The molecule has 0 amide bonds. The molecule has 8 heterocycles. The van der Waals surface area contributed by atoms with Crippen molar-refractivity contribution in [1.29, 1.82) is 0 Å². The molecular formula is C94H118N10. The van der Waals surface area contributed by atoms with Crippen LogP contribution < -0.4 is 0 Å². The van der Waals surface area contributed by atoms with Gasteiger partial charge in [-0.3, -0.25) is 34.9 Å². The molecule has 0 radical (unpaired) electrons. The maximum Gasteiger partial charge on any atom is 0.125 e. The number of hydrogen-bond acceptors (Lipinski definition) is 10. The molecule has 16 aromatic rings. The third kappa shape index (κ3) is 33.1. The fourth-order valence-corrected chi connectivity index (χ4v) is 9.25. The highest BCUT2D eigenvalue weighted by Gasteiger charge is 1.98. The maximum absolute atomic E-state index is 4.38. The van der Waals surface area contributed by atoms with Gasteiger partial charge in [0, 0.05) is 105 Å². The van der Waals surface area contributed by atoms with Gasteiger partial charge in [-0.15, -0.1) is 0 Å². The van der Waals surface area contributed by atoms with Crippen molar-refractivity contribution < 1.29 is 0 Å². The summed E-state index contributed by atoms with van der Waals surface area (Å²) in [7, 11) is 0. The molecule has 544 valence electrons. The van der Waals surface area contributed by atoms with Crippen molar-refractivity contribution in [1.82, 2.24) is 49.8 Å². The van der Waals surface area contributed by atoms with Crippen LogP contribution in [-0.2, 0) is 0 Å². The molecule has 0 spiro atoms. The van der Waals surface area contributed by atoms with Crippen LogP contribution in [0, 0.1) is 55.4 Å². The Morgan fingerprint density at radius 1 is 0.183 bits per heavy atom. The van der Waals surface area contributed by atoms with Crippen LogP contribution in [0.2, 0.25) is 0 Å². The van der Waals surface area contributed by atoms with E-state index in [1.165, 1.54) is 70.7 Å². The van der Waals surface area contributed by atoms with Crippen LogP contribution in [0.15, 0.2) is 280 Å². The quantitative estimate of drug-likeness (QED) is 0.145. The van der Waals surface area contributed by atoms with Gasteiger partial charge >= 0.3 is 0 Å². The Bertz CT molecular complexity index is 3970. The van der Waals surface area contributed by atoms with E-state index in [-0.39, 0.29) is 0 Å². The van der Waals surface area contributed by atoms with Gasteiger partial charge in [0.25, 0.3) is 0 Å². The van der Waals surface area contributed by atoms with Gasteiger partial charge in [-0.25, -0.2) is 15.0 Å². The van der Waals surface area contributed by atoms with E-state index in [9.17, 15) is 0 Å². The summed E-state index contributed by atoms with van der Waals surface area (Å²) in [5, 5.41) is 12.1. The first-order valence-electron chi connectivity index (χ1n) is 37.1. The summed E-state index contributed by atoms with van der Waals surface area (Å²) in [6.45, 7) is 48.2. The van der Waals surface area contributed by atoms with E-state index in [0.29, 0.717) is 0 Å². The smallest absolute Gasteiger partial charge is 0.125 e. The molecule has 0 bridgehead atoms. The van der Waals surface area contributed by atoms with Gasteiger partial charge in [0.15, 0.2) is 0 Å². The van der Waals surface area contributed by atoms with Crippen molar-refractivity contribution in [3.8, 4) is 0 Å². The van der Waals surface area contributed by atoms with Crippen molar-refractivity contribution in [2.75, 3.05) is 0 Å². The summed E-state index contributed by atoms with van der Waals surface area (Å²) in [5.74, 6) is 0.823. The molecule has 0 saturated carbocycles. The number of pyridine rings is 6. The number of hydrogen-bond donors (Lipinski definition) is 0. The Morgan fingerprint density at radius 3 is 1.20 bits per heavy atom. The SMILES string of the molecule is CC.CC.CC.CC.CC.CC.CC.CC.Cc1cc2ccccc2cn1.Cc1ccc2ccccc2n1.Cc1ccc2cccnc2c1.Cc1ccc2ccncc2c1.Cc1ccc2cnccc2c1.Cc1ccc2ncccc2c1.Cc1cnc2ccccc2n1.Cc1ncc2ccccc2n1. The normalized spacial score (nSPS) is 9.15. The maximum atomic E-state index is 4.38. The van der Waals surface area contributed by atoms with E-state index in [2.05, 4.69) is 187 Å². The van der Waals surface area contributed by atoms with E-state index in [1.54, 1.807) is 6.20 Å². The predicted molar refractivity (Wildman–Crippen MR) is 458 cm³/mol. The first-order chi connectivity index (χ1) is 50.9. The van der Waals surface area contributed by atoms with Crippen molar-refractivity contribution >= 4 is 87.0 Å². The van der Waals surface area contributed by atoms with Gasteiger partial charge in [-0.05, 0) is 162 Å². The number of para-hydroxylation sites is 4. The molecule has 8 aromatic heterocycles. The molecule has 0 fully saturated rings. The number of aryl methyl sites for hydroxylation is 8. The Hall–Kier alpha value is -11.1. The lowest BCUT2D eigenvalue weighted by Crippen LogP contribution is -1.86. The highest BCUT2D eigenvalue weighted by molar-refractivity contribution is 5.84. The van der Waals surface area contributed by atoms with Crippen molar-refractivity contribution in [3.63, 3.8) is 0 Å². The Kier molecular flexibility index (Phi) is 48.6. The number of rotatable bonds is 0. The highest BCUT2D eigenvalue weighted by atomic mass is 14.9. The molecule has 0 aliphatic carbocycles. The van der Waals surface area contributed by atoms with Crippen LogP contribution in [0.1, 0.15) is 156 Å². The molecule has 104 heavy (non-hydrogen) atoms. The third-order valence-corrected chi connectivity index (χ3v) is 13.8. The zero-order valence-corrected chi connectivity index (χ0v) is 67.0. The molecule has 10 heteroatoms. The molecule has 8 aromatic carbocycles. The monoisotopic (exact) mass is 1390 g/mol. The van der Waals surface area contributed by atoms with Crippen LogP contribution in [-0.4, -0.2) is 49.8 Å². The summed E-state index contributed by atoms with van der Waals surface area (Å²) < 4.78 is 0. The standard InChI is InChI=1S/6C10H9N.2C9H8N2.8C2H6/c1-8-2-3-10-7-11-5-4-9(10)6-8;1-8-2-3-9-4-5-11-7-10(9)6-8;1-8-4-5-10-9(7-8)3-2-6-11-10;1-8-4-5-9-3-2-6-11-10(9)7-8;1-8-6-9-4-2-3-5-10(9)7-11-8;1-8-6-7-9-4-2-3-5-10(9)11-8;1-7-10-6-8-4-2-3-5-9(8)11-7;1-7-6-10-8-4-2-3-5-9(8)11-7;8*1-2/h6*2-7H,1H3;2*2-6H,1H3;8*1-2H3. The van der Waals surface area contributed by atoms with E-state index in [0.717, 1.165) is 61.4 Å². The second-order valence-corrected chi connectivity index (χ2v) is 21.1. The predicted octanol–water partition coefficient (Wildman–Crippen LogP) is 27.3. The largest absolute Gasteiger partial charge is 0.264 e. The molecule has 0 unspecified atom stereocenters. The molecule has 0 atom stereocenters. The minimum atomic E-state index is 0.823. The molecule has 0 N–H and O–H groups in total. The fourth-order valence-electron chi connectivity index (χ4n) is 9.25.